The minimum Gasteiger partial charge on any atom is -0.497 e. The van der Waals surface area contributed by atoms with Crippen molar-refractivity contribution in [1.82, 2.24) is 25.1 Å². The molecule has 1 aliphatic rings. The number of nitrogens with one attached hydrogen (secondary N) is 1. The van der Waals surface area contributed by atoms with Gasteiger partial charge >= 0.3 is 0 Å². The molecule has 0 unspecified atom stereocenters. The number of ether oxygens (including phenoxy) is 1. The van der Waals surface area contributed by atoms with E-state index in [0.29, 0.717) is 22.3 Å². The van der Waals surface area contributed by atoms with Crippen LogP contribution in [-0.2, 0) is 18.4 Å². The standard InChI is InChI=1S/C28H28N6O3S2/c1-18-6-8-20(9-7-18)23-15-22(19-10-12-21(37-3)13-11-19)32-34(23)26(35)17-39-28-31-30-25(33(28)2)16-29-27(36)24-5-4-14-38-24/h4-14,23H,15-17H2,1-3H3,(H,29,36)/t23-/m0/s1. The molecule has 1 aliphatic heterocycles. The molecule has 200 valence electrons. The lowest BCUT2D eigenvalue weighted by molar-refractivity contribution is -0.130. The number of aromatic nitrogens is 3. The minimum absolute atomic E-state index is 0.121. The van der Waals surface area contributed by atoms with Crippen LogP contribution in [0, 0.1) is 6.92 Å². The third-order valence-electron chi connectivity index (χ3n) is 6.45. The summed E-state index contributed by atoms with van der Waals surface area (Å²) in [6.07, 6.45) is 0.615. The Morgan fingerprint density at radius 2 is 1.87 bits per heavy atom. The van der Waals surface area contributed by atoms with Crippen LogP contribution in [-0.4, -0.2) is 50.2 Å². The van der Waals surface area contributed by atoms with E-state index in [9.17, 15) is 9.59 Å². The van der Waals surface area contributed by atoms with Gasteiger partial charge in [-0.2, -0.15) is 5.10 Å². The summed E-state index contributed by atoms with van der Waals surface area (Å²) >= 11 is 2.68. The maximum atomic E-state index is 13.5. The van der Waals surface area contributed by atoms with Crippen LogP contribution < -0.4 is 10.1 Å². The summed E-state index contributed by atoms with van der Waals surface area (Å²) in [6, 6.07) is 19.3. The Morgan fingerprint density at radius 3 is 2.56 bits per heavy atom. The molecule has 0 aliphatic carbocycles. The van der Waals surface area contributed by atoms with Crippen molar-refractivity contribution in [2.24, 2.45) is 12.1 Å². The van der Waals surface area contributed by atoms with Crippen LogP contribution in [0.4, 0.5) is 0 Å². The monoisotopic (exact) mass is 560 g/mol. The van der Waals surface area contributed by atoms with Gasteiger partial charge in [0.05, 0.1) is 36.0 Å². The van der Waals surface area contributed by atoms with Gasteiger partial charge in [-0.3, -0.25) is 9.59 Å². The van der Waals surface area contributed by atoms with E-state index in [1.165, 1.54) is 23.1 Å². The maximum absolute atomic E-state index is 13.5. The number of thioether (sulfide) groups is 1. The molecule has 1 atom stereocenters. The Bertz CT molecular complexity index is 1480. The molecular weight excluding hydrogens is 532 g/mol. The topological polar surface area (TPSA) is 102 Å². The summed E-state index contributed by atoms with van der Waals surface area (Å²) in [5.74, 6) is 1.25. The fourth-order valence-corrected chi connectivity index (χ4v) is 5.64. The van der Waals surface area contributed by atoms with E-state index in [1.54, 1.807) is 22.8 Å². The summed E-state index contributed by atoms with van der Waals surface area (Å²) in [6.45, 7) is 2.28. The van der Waals surface area contributed by atoms with Gasteiger partial charge in [-0.25, -0.2) is 5.01 Å². The number of benzene rings is 2. The van der Waals surface area contributed by atoms with Gasteiger partial charge in [0, 0.05) is 13.5 Å². The maximum Gasteiger partial charge on any atom is 0.261 e. The number of thiophene rings is 1. The molecule has 2 aromatic heterocycles. The Labute approximate surface area is 234 Å². The van der Waals surface area contributed by atoms with Crippen molar-refractivity contribution in [2.75, 3.05) is 12.9 Å². The smallest absolute Gasteiger partial charge is 0.261 e. The van der Waals surface area contributed by atoms with Crippen molar-refractivity contribution >= 4 is 40.6 Å². The molecule has 0 fully saturated rings. The summed E-state index contributed by atoms with van der Waals surface area (Å²) in [5, 5.41) is 20.1. The second kappa shape index (κ2) is 11.8. The van der Waals surface area contributed by atoms with Crippen molar-refractivity contribution in [1.29, 1.82) is 0 Å². The molecule has 39 heavy (non-hydrogen) atoms. The van der Waals surface area contributed by atoms with Gasteiger partial charge in [0.2, 0.25) is 0 Å². The van der Waals surface area contributed by atoms with Crippen LogP contribution in [0.2, 0.25) is 0 Å². The third kappa shape index (κ3) is 6.04. The molecule has 1 N–H and O–H groups in total. The van der Waals surface area contributed by atoms with Crippen LogP contribution >= 0.6 is 23.1 Å². The largest absolute Gasteiger partial charge is 0.497 e. The van der Waals surface area contributed by atoms with E-state index in [-0.39, 0.29) is 30.2 Å². The Hall–Kier alpha value is -3.96. The molecule has 3 heterocycles. The number of hydrogen-bond donors (Lipinski definition) is 1. The van der Waals surface area contributed by atoms with Crippen molar-refractivity contribution in [3.05, 3.63) is 93.4 Å². The molecule has 4 aromatic rings. The zero-order chi connectivity index (χ0) is 27.4. The molecule has 0 radical (unpaired) electrons. The number of hydrogen-bond acceptors (Lipinski definition) is 8. The number of rotatable bonds is 9. The lowest BCUT2D eigenvalue weighted by atomic mass is 9.97. The highest BCUT2D eigenvalue weighted by molar-refractivity contribution is 7.99. The molecule has 0 saturated heterocycles. The zero-order valence-corrected chi connectivity index (χ0v) is 23.5. The second-order valence-corrected chi connectivity index (χ2v) is 10.9. The number of nitrogens with zero attached hydrogens (tertiary/aromatic N) is 5. The van der Waals surface area contributed by atoms with E-state index >= 15 is 0 Å². The van der Waals surface area contributed by atoms with Crippen molar-refractivity contribution in [2.45, 2.75) is 31.1 Å². The number of methoxy groups -OCH3 is 1. The average molecular weight is 561 g/mol. The predicted molar refractivity (Wildman–Crippen MR) is 152 cm³/mol. The van der Waals surface area contributed by atoms with Crippen LogP contribution in [0.15, 0.2) is 76.3 Å². The number of carbonyl (C=O) groups is 2. The van der Waals surface area contributed by atoms with Crippen LogP contribution in [0.1, 0.15) is 44.6 Å². The molecule has 2 aromatic carbocycles. The molecule has 0 saturated carbocycles. The number of hydrazone groups is 1. The quantitative estimate of drug-likeness (QED) is 0.301. The SMILES string of the molecule is COc1ccc(C2=NN(C(=O)CSc3nnc(CNC(=O)c4cccs4)n3C)[C@H](c3ccc(C)cc3)C2)cc1. The first-order valence-electron chi connectivity index (χ1n) is 12.4. The first-order valence-corrected chi connectivity index (χ1v) is 14.2. The highest BCUT2D eigenvalue weighted by atomic mass is 32.2. The summed E-state index contributed by atoms with van der Waals surface area (Å²) < 4.78 is 7.07. The summed E-state index contributed by atoms with van der Waals surface area (Å²) in [5.41, 5.74) is 4.00. The normalized spacial score (nSPS) is 14.8. The fourth-order valence-electron chi connectivity index (χ4n) is 4.22. The minimum atomic E-state index is -0.196. The van der Waals surface area contributed by atoms with E-state index in [0.717, 1.165) is 28.2 Å². The van der Waals surface area contributed by atoms with Crippen molar-refractivity contribution < 1.29 is 14.3 Å². The Balaban J connectivity index is 1.28. The zero-order valence-electron chi connectivity index (χ0n) is 21.8. The van der Waals surface area contributed by atoms with Crippen LogP contribution in [0.3, 0.4) is 0 Å². The van der Waals surface area contributed by atoms with Crippen molar-refractivity contribution in [3.63, 3.8) is 0 Å². The van der Waals surface area contributed by atoms with Crippen LogP contribution in [0.5, 0.6) is 5.75 Å². The highest BCUT2D eigenvalue weighted by Crippen LogP contribution is 2.34. The van der Waals surface area contributed by atoms with Crippen LogP contribution in [0.25, 0.3) is 0 Å². The Morgan fingerprint density at radius 1 is 1.10 bits per heavy atom. The molecule has 11 heteroatoms. The average Bonchev–Trinajstić information content (AvgIpc) is 3.72. The van der Waals surface area contributed by atoms with Gasteiger partial charge < -0.3 is 14.6 Å². The number of aryl methyl sites for hydroxylation is 1. The van der Waals surface area contributed by atoms with Gasteiger partial charge in [0.15, 0.2) is 11.0 Å². The lowest BCUT2D eigenvalue weighted by Crippen LogP contribution is -2.28. The third-order valence-corrected chi connectivity index (χ3v) is 8.33. The van der Waals surface area contributed by atoms with E-state index < -0.39 is 0 Å². The molecular formula is C28H28N6O3S2. The number of carbonyl (C=O) groups excluding carboxylic acids is 2. The second-order valence-electron chi connectivity index (χ2n) is 9.05. The number of amides is 2. The van der Waals surface area contributed by atoms with Crippen molar-refractivity contribution in [3.8, 4) is 5.75 Å². The summed E-state index contributed by atoms with van der Waals surface area (Å²) in [7, 11) is 3.46. The molecule has 0 bridgehead atoms. The Kier molecular flexibility index (Phi) is 8.08. The predicted octanol–water partition coefficient (Wildman–Crippen LogP) is 4.59. The fraction of sp³-hybridized carbons (Fsp3) is 0.250. The van der Waals surface area contributed by atoms with Gasteiger partial charge in [0.1, 0.15) is 5.75 Å². The van der Waals surface area contributed by atoms with Gasteiger partial charge in [-0.1, -0.05) is 47.7 Å². The lowest BCUT2D eigenvalue weighted by Gasteiger charge is -2.22. The first-order chi connectivity index (χ1) is 18.9. The molecule has 2 amide bonds. The highest BCUT2D eigenvalue weighted by Gasteiger charge is 2.33. The van der Waals surface area contributed by atoms with Gasteiger partial charge in [-0.05, 0) is 53.8 Å². The molecule has 9 nitrogen and oxygen atoms in total. The van der Waals surface area contributed by atoms with E-state index in [1.807, 2.05) is 49.7 Å². The van der Waals surface area contributed by atoms with E-state index in [4.69, 9.17) is 9.84 Å². The first kappa shape index (κ1) is 26.6. The van der Waals surface area contributed by atoms with E-state index in [2.05, 4.69) is 39.8 Å². The van der Waals surface area contributed by atoms with Gasteiger partial charge in [0.25, 0.3) is 11.8 Å². The van der Waals surface area contributed by atoms with Gasteiger partial charge in [-0.15, -0.1) is 21.5 Å². The molecule has 5 rings (SSSR count). The molecule has 0 spiro atoms. The summed E-state index contributed by atoms with van der Waals surface area (Å²) in [4.78, 5) is 26.4.